The molecule has 166 valence electrons. The molecule has 0 saturated carbocycles. The van der Waals surface area contributed by atoms with Gasteiger partial charge in [-0.3, -0.25) is 4.79 Å². The van der Waals surface area contributed by atoms with Gasteiger partial charge in [-0.05, 0) is 50.1 Å². The summed E-state index contributed by atoms with van der Waals surface area (Å²) in [6, 6.07) is 7.80. The summed E-state index contributed by atoms with van der Waals surface area (Å²) in [5.74, 6) is -1.67. The maximum absolute atomic E-state index is 12.8. The second-order valence-corrected chi connectivity index (χ2v) is 9.62. The topological polar surface area (TPSA) is 138 Å². The lowest BCUT2D eigenvalue weighted by atomic mass is 10.1. The Bertz CT molecular complexity index is 1250. The van der Waals surface area contributed by atoms with E-state index in [1.54, 1.807) is 32.0 Å². The zero-order valence-electron chi connectivity index (χ0n) is 17.6. The van der Waals surface area contributed by atoms with Crippen LogP contribution in [0.4, 0.5) is 10.5 Å². The van der Waals surface area contributed by atoms with Crippen LogP contribution in [0.1, 0.15) is 27.7 Å². The lowest BCUT2D eigenvalue weighted by molar-refractivity contribution is -0.140. The van der Waals surface area contributed by atoms with Crippen LogP contribution < -0.4 is 15.4 Å². The summed E-state index contributed by atoms with van der Waals surface area (Å²) in [6.07, 6.45) is 0. The number of carbonyl (C=O) groups excluding carboxylic acids is 1. The zero-order valence-corrected chi connectivity index (χ0v) is 18.4. The second-order valence-electron chi connectivity index (χ2n) is 7.91. The number of hydrogen-bond acceptors (Lipinski definition) is 5. The number of carbonyl (C=O) groups is 2. The number of hydrogen-bond donors (Lipinski definition) is 4. The zero-order chi connectivity index (χ0) is 22.9. The number of furan rings is 1. The van der Waals surface area contributed by atoms with Crippen molar-refractivity contribution >= 4 is 49.6 Å². The van der Waals surface area contributed by atoms with Gasteiger partial charge in [0.05, 0.1) is 4.90 Å². The van der Waals surface area contributed by atoms with Gasteiger partial charge in [-0.1, -0.05) is 13.8 Å². The van der Waals surface area contributed by atoms with Crippen LogP contribution in [0.2, 0.25) is 0 Å². The first kappa shape index (κ1) is 22.6. The smallest absolute Gasteiger partial charge is 0.322 e. The highest BCUT2D eigenvalue weighted by molar-refractivity contribution is 7.89. The van der Waals surface area contributed by atoms with Crippen molar-refractivity contribution in [2.24, 2.45) is 5.92 Å². The number of fused-ring (bicyclic) bond motifs is 3. The molecule has 3 aromatic rings. The molecule has 0 aliphatic rings. The molecule has 1 heterocycles. The van der Waals surface area contributed by atoms with E-state index in [0.29, 0.717) is 27.6 Å². The molecule has 0 fully saturated rings. The molecule has 31 heavy (non-hydrogen) atoms. The van der Waals surface area contributed by atoms with Gasteiger partial charge in [0.1, 0.15) is 17.2 Å². The maximum atomic E-state index is 12.8. The summed E-state index contributed by atoms with van der Waals surface area (Å²) in [4.78, 5) is 23.2. The van der Waals surface area contributed by atoms with Crippen LogP contribution in [-0.4, -0.2) is 37.6 Å². The van der Waals surface area contributed by atoms with Gasteiger partial charge in [0.2, 0.25) is 10.0 Å². The number of rotatable bonds is 7. The van der Waals surface area contributed by atoms with Gasteiger partial charge in [-0.15, -0.1) is 0 Å². The van der Waals surface area contributed by atoms with Crippen LogP contribution in [0, 0.1) is 5.92 Å². The Morgan fingerprint density at radius 1 is 0.968 bits per heavy atom. The highest BCUT2D eigenvalue weighted by atomic mass is 32.2. The van der Waals surface area contributed by atoms with Crippen molar-refractivity contribution in [2.75, 3.05) is 5.32 Å². The summed E-state index contributed by atoms with van der Waals surface area (Å²) in [6.45, 7) is 6.95. The Morgan fingerprint density at radius 2 is 1.68 bits per heavy atom. The molecule has 9 nitrogen and oxygen atoms in total. The van der Waals surface area contributed by atoms with Crippen LogP contribution in [0.5, 0.6) is 0 Å². The normalized spacial score (nSPS) is 13.1. The van der Waals surface area contributed by atoms with E-state index in [1.807, 2.05) is 13.8 Å². The summed E-state index contributed by atoms with van der Waals surface area (Å²) in [7, 11) is -4.06. The van der Waals surface area contributed by atoms with Gasteiger partial charge in [-0.25, -0.2) is 13.2 Å². The average molecular weight is 448 g/mol. The Kier molecular flexibility index (Phi) is 6.23. The average Bonchev–Trinajstić information content (AvgIpc) is 3.01. The highest BCUT2D eigenvalue weighted by Crippen LogP contribution is 2.32. The van der Waals surface area contributed by atoms with E-state index in [9.17, 15) is 23.1 Å². The molecule has 1 atom stereocenters. The van der Waals surface area contributed by atoms with Gasteiger partial charge < -0.3 is 20.2 Å². The lowest BCUT2D eigenvalue weighted by Gasteiger charge is -2.17. The number of anilines is 1. The van der Waals surface area contributed by atoms with E-state index in [-0.39, 0.29) is 17.0 Å². The molecule has 4 N–H and O–H groups in total. The summed E-state index contributed by atoms with van der Waals surface area (Å²) >= 11 is 0. The molecule has 0 aliphatic carbocycles. The van der Waals surface area contributed by atoms with Gasteiger partial charge in [0.15, 0.2) is 0 Å². The summed E-state index contributed by atoms with van der Waals surface area (Å²) < 4.78 is 33.6. The Hall–Kier alpha value is -3.11. The fourth-order valence-electron chi connectivity index (χ4n) is 3.14. The van der Waals surface area contributed by atoms with Crippen LogP contribution in [0.15, 0.2) is 45.7 Å². The molecule has 0 saturated heterocycles. The predicted molar refractivity (Wildman–Crippen MR) is 118 cm³/mol. The van der Waals surface area contributed by atoms with Crippen LogP contribution >= 0.6 is 0 Å². The minimum Gasteiger partial charge on any atom is -0.480 e. The van der Waals surface area contributed by atoms with E-state index < -0.39 is 28.0 Å². The number of aliphatic carboxylic acids is 1. The molecule has 2 aromatic carbocycles. The van der Waals surface area contributed by atoms with Crippen LogP contribution in [-0.2, 0) is 14.8 Å². The molecule has 0 unspecified atom stereocenters. The van der Waals surface area contributed by atoms with Gasteiger partial charge in [0.25, 0.3) is 0 Å². The van der Waals surface area contributed by atoms with Gasteiger partial charge in [0, 0.05) is 28.6 Å². The summed E-state index contributed by atoms with van der Waals surface area (Å²) in [5.41, 5.74) is 1.47. The largest absolute Gasteiger partial charge is 0.480 e. The number of nitrogens with one attached hydrogen (secondary N) is 3. The number of amides is 2. The summed E-state index contributed by atoms with van der Waals surface area (Å²) in [5, 5.41) is 16.0. The number of benzene rings is 2. The quantitative estimate of drug-likeness (QED) is 0.437. The van der Waals surface area contributed by atoms with Gasteiger partial charge >= 0.3 is 12.0 Å². The van der Waals surface area contributed by atoms with E-state index in [2.05, 4.69) is 15.4 Å². The van der Waals surface area contributed by atoms with E-state index in [4.69, 9.17) is 4.42 Å². The molecule has 0 aliphatic heterocycles. The third-order valence-electron chi connectivity index (χ3n) is 4.65. The van der Waals surface area contributed by atoms with Crippen molar-refractivity contribution in [3.05, 3.63) is 36.4 Å². The van der Waals surface area contributed by atoms with Crippen molar-refractivity contribution < 1.29 is 27.5 Å². The lowest BCUT2D eigenvalue weighted by Crippen LogP contribution is -2.44. The number of urea groups is 1. The highest BCUT2D eigenvalue weighted by Gasteiger charge is 2.28. The molecule has 0 radical (unpaired) electrons. The van der Waals surface area contributed by atoms with E-state index >= 15 is 0 Å². The van der Waals surface area contributed by atoms with E-state index in [1.165, 1.54) is 18.2 Å². The van der Waals surface area contributed by atoms with Crippen molar-refractivity contribution in [1.82, 2.24) is 10.0 Å². The minimum atomic E-state index is -4.06. The first-order chi connectivity index (χ1) is 14.5. The number of sulfonamides is 1. The molecule has 3 rings (SSSR count). The monoisotopic (exact) mass is 447 g/mol. The first-order valence-corrected chi connectivity index (χ1v) is 11.2. The molecule has 2 amide bonds. The first-order valence-electron chi connectivity index (χ1n) is 9.77. The molecule has 1 aromatic heterocycles. The van der Waals surface area contributed by atoms with Crippen molar-refractivity contribution in [3.8, 4) is 0 Å². The molecular formula is C21H25N3O6S. The SMILES string of the molecule is CC(C)NC(=O)Nc1ccc2c(c1)oc1ccc(S(=O)(=O)N[C@@H](C(=O)O)C(C)C)cc12. The fourth-order valence-corrected chi connectivity index (χ4v) is 4.50. The molecule has 10 heteroatoms. The fraction of sp³-hybridized carbons (Fsp3) is 0.333. The molecule has 0 spiro atoms. The standard InChI is InChI=1S/C21H25N3O6S/c1-11(2)19(20(25)26)24-31(28,29)14-6-8-17-16(10-14)15-7-5-13(9-18(15)30-17)23-21(27)22-12(3)4/h5-12,19,24H,1-4H3,(H,25,26)(H2,22,23,27)/t19-/m1/s1. The van der Waals surface area contributed by atoms with Crippen LogP contribution in [0.3, 0.4) is 0 Å². The molecule has 0 bridgehead atoms. The molecular weight excluding hydrogens is 422 g/mol. The third kappa shape index (κ3) is 4.97. The minimum absolute atomic E-state index is 0.0136. The van der Waals surface area contributed by atoms with Crippen molar-refractivity contribution in [1.29, 1.82) is 0 Å². The Balaban J connectivity index is 1.95. The van der Waals surface area contributed by atoms with Crippen LogP contribution in [0.25, 0.3) is 21.9 Å². The Morgan fingerprint density at radius 3 is 2.29 bits per heavy atom. The van der Waals surface area contributed by atoms with E-state index in [0.717, 1.165) is 0 Å². The predicted octanol–water partition coefficient (Wildman–Crippen LogP) is 3.50. The Labute approximate surface area is 179 Å². The number of carboxylic acids is 1. The van der Waals surface area contributed by atoms with Crippen molar-refractivity contribution in [2.45, 2.75) is 44.7 Å². The van der Waals surface area contributed by atoms with Gasteiger partial charge in [-0.2, -0.15) is 4.72 Å². The maximum Gasteiger partial charge on any atom is 0.322 e. The second kappa shape index (κ2) is 8.56. The third-order valence-corrected chi connectivity index (χ3v) is 6.08. The number of carboxylic acid groups (broad SMARTS) is 1. The van der Waals surface area contributed by atoms with Crippen molar-refractivity contribution in [3.63, 3.8) is 0 Å².